The Balaban J connectivity index is 1.44. The van der Waals surface area contributed by atoms with E-state index in [0.29, 0.717) is 13.1 Å². The van der Waals surface area contributed by atoms with Gasteiger partial charge in [0, 0.05) is 12.1 Å². The van der Waals surface area contributed by atoms with E-state index in [0.717, 1.165) is 41.4 Å². The van der Waals surface area contributed by atoms with Crippen LogP contribution in [0.15, 0.2) is 78.9 Å². The molecule has 1 N–H and O–H groups in total. The van der Waals surface area contributed by atoms with E-state index in [9.17, 15) is 0 Å². The van der Waals surface area contributed by atoms with Crippen LogP contribution < -0.4 is 14.8 Å². The number of rotatable bonds is 10. The average molecular weight is 429 g/mol. The summed E-state index contributed by atoms with van der Waals surface area (Å²) >= 11 is 0. The molecule has 6 nitrogen and oxygen atoms in total. The zero-order valence-corrected chi connectivity index (χ0v) is 18.5. The molecule has 0 bridgehead atoms. The highest BCUT2D eigenvalue weighted by Crippen LogP contribution is 2.27. The van der Waals surface area contributed by atoms with E-state index in [-0.39, 0.29) is 0 Å². The standard InChI is InChI=1S/C26H28N4O2/c1-31-24-14-13-20(17-25(24)32-2)15-16-27-18-23-26(22-11-7-4-8-12-22)29-30(28-23)19-21-9-5-3-6-10-21/h3-14,17,27H,15-16,18-19H2,1-2H3. The minimum atomic E-state index is 0.645. The second-order valence-electron chi connectivity index (χ2n) is 7.49. The number of hydrogen-bond acceptors (Lipinski definition) is 5. The first-order valence-corrected chi connectivity index (χ1v) is 10.7. The molecule has 4 aromatic rings. The van der Waals surface area contributed by atoms with E-state index in [2.05, 4.69) is 35.6 Å². The summed E-state index contributed by atoms with van der Waals surface area (Å²) in [6, 6.07) is 26.5. The Morgan fingerprint density at radius 3 is 2.22 bits per heavy atom. The molecular formula is C26H28N4O2. The quantitative estimate of drug-likeness (QED) is 0.381. The van der Waals surface area contributed by atoms with Crippen LogP contribution in [0.3, 0.4) is 0 Å². The predicted octanol–water partition coefficient (Wildman–Crippen LogP) is 4.34. The topological polar surface area (TPSA) is 61.2 Å². The lowest BCUT2D eigenvalue weighted by Crippen LogP contribution is -2.17. The van der Waals surface area contributed by atoms with Crippen molar-refractivity contribution in [3.8, 4) is 22.8 Å². The summed E-state index contributed by atoms with van der Waals surface area (Å²) < 4.78 is 10.7. The van der Waals surface area contributed by atoms with Crippen LogP contribution in [0.25, 0.3) is 11.3 Å². The van der Waals surface area contributed by atoms with Crippen LogP contribution in [0.1, 0.15) is 16.8 Å². The van der Waals surface area contributed by atoms with Gasteiger partial charge in [0.15, 0.2) is 11.5 Å². The Morgan fingerprint density at radius 1 is 0.781 bits per heavy atom. The molecule has 32 heavy (non-hydrogen) atoms. The monoisotopic (exact) mass is 428 g/mol. The molecule has 1 aromatic heterocycles. The van der Waals surface area contributed by atoms with Gasteiger partial charge in [-0.2, -0.15) is 15.0 Å². The van der Waals surface area contributed by atoms with Gasteiger partial charge in [0.2, 0.25) is 0 Å². The van der Waals surface area contributed by atoms with E-state index in [1.54, 1.807) is 19.0 Å². The van der Waals surface area contributed by atoms with Crippen LogP contribution in [0.5, 0.6) is 11.5 Å². The maximum absolute atomic E-state index is 5.40. The number of methoxy groups -OCH3 is 2. The van der Waals surface area contributed by atoms with E-state index < -0.39 is 0 Å². The minimum Gasteiger partial charge on any atom is -0.493 e. The normalized spacial score (nSPS) is 10.8. The number of nitrogens with one attached hydrogen (secondary N) is 1. The molecule has 0 unspecified atom stereocenters. The first-order chi connectivity index (χ1) is 15.8. The summed E-state index contributed by atoms with van der Waals surface area (Å²) in [6.45, 7) is 2.11. The summed E-state index contributed by atoms with van der Waals surface area (Å²) in [4.78, 5) is 1.78. The molecule has 164 valence electrons. The molecule has 0 spiro atoms. The number of benzene rings is 3. The van der Waals surface area contributed by atoms with Gasteiger partial charge in [-0.05, 0) is 36.2 Å². The van der Waals surface area contributed by atoms with Crippen molar-refractivity contribution in [1.29, 1.82) is 0 Å². The van der Waals surface area contributed by atoms with Gasteiger partial charge < -0.3 is 14.8 Å². The van der Waals surface area contributed by atoms with Crippen molar-refractivity contribution >= 4 is 0 Å². The van der Waals surface area contributed by atoms with Crippen LogP contribution in [0, 0.1) is 0 Å². The van der Waals surface area contributed by atoms with Gasteiger partial charge in [0.05, 0.1) is 20.8 Å². The second-order valence-corrected chi connectivity index (χ2v) is 7.49. The molecule has 0 aliphatic rings. The van der Waals surface area contributed by atoms with Crippen LogP contribution in [-0.4, -0.2) is 35.8 Å². The number of aromatic nitrogens is 3. The lowest BCUT2D eigenvalue weighted by molar-refractivity contribution is 0.354. The van der Waals surface area contributed by atoms with Crippen molar-refractivity contribution < 1.29 is 9.47 Å². The largest absolute Gasteiger partial charge is 0.493 e. The van der Waals surface area contributed by atoms with Crippen molar-refractivity contribution in [1.82, 2.24) is 20.3 Å². The lowest BCUT2D eigenvalue weighted by Gasteiger charge is -2.10. The molecule has 0 aliphatic heterocycles. The van der Waals surface area contributed by atoms with Gasteiger partial charge in [-0.1, -0.05) is 66.7 Å². The molecule has 1 heterocycles. The van der Waals surface area contributed by atoms with E-state index in [1.165, 1.54) is 11.1 Å². The maximum atomic E-state index is 5.40. The Labute approximate surface area is 188 Å². The fraction of sp³-hybridized carbons (Fsp3) is 0.231. The van der Waals surface area contributed by atoms with Gasteiger partial charge in [0.25, 0.3) is 0 Å². The fourth-order valence-corrected chi connectivity index (χ4v) is 3.61. The van der Waals surface area contributed by atoms with Crippen molar-refractivity contribution in [3.05, 3.63) is 95.7 Å². The van der Waals surface area contributed by atoms with E-state index >= 15 is 0 Å². The van der Waals surface area contributed by atoms with Crippen molar-refractivity contribution in [2.24, 2.45) is 0 Å². The van der Waals surface area contributed by atoms with Crippen LogP contribution in [0.2, 0.25) is 0 Å². The SMILES string of the molecule is COc1ccc(CCNCc2nn(Cc3ccccc3)nc2-c2ccccc2)cc1OC. The molecule has 0 fully saturated rings. The molecular weight excluding hydrogens is 400 g/mol. The summed E-state index contributed by atoms with van der Waals surface area (Å²) in [6.07, 6.45) is 0.874. The van der Waals surface area contributed by atoms with Crippen LogP contribution in [-0.2, 0) is 19.5 Å². The average Bonchev–Trinajstić information content (AvgIpc) is 3.25. The molecule has 6 heteroatoms. The Bertz CT molecular complexity index is 1130. The summed E-state index contributed by atoms with van der Waals surface area (Å²) in [7, 11) is 3.30. The van der Waals surface area contributed by atoms with Crippen molar-refractivity contribution in [2.45, 2.75) is 19.5 Å². The number of hydrogen-bond donors (Lipinski definition) is 1. The third kappa shape index (κ3) is 5.34. The van der Waals surface area contributed by atoms with Gasteiger partial charge in [0.1, 0.15) is 11.4 Å². The van der Waals surface area contributed by atoms with Gasteiger partial charge in [-0.3, -0.25) is 0 Å². The van der Waals surface area contributed by atoms with Crippen LogP contribution in [0.4, 0.5) is 0 Å². The van der Waals surface area contributed by atoms with Crippen molar-refractivity contribution in [3.63, 3.8) is 0 Å². The molecule has 0 radical (unpaired) electrons. The summed E-state index contributed by atoms with van der Waals surface area (Å²) in [5.41, 5.74) is 5.30. The maximum Gasteiger partial charge on any atom is 0.160 e. The fourth-order valence-electron chi connectivity index (χ4n) is 3.61. The third-order valence-electron chi connectivity index (χ3n) is 5.27. The van der Waals surface area contributed by atoms with Crippen molar-refractivity contribution in [2.75, 3.05) is 20.8 Å². The predicted molar refractivity (Wildman–Crippen MR) is 126 cm³/mol. The van der Waals surface area contributed by atoms with E-state index in [4.69, 9.17) is 19.7 Å². The molecule has 0 amide bonds. The zero-order chi connectivity index (χ0) is 22.2. The van der Waals surface area contributed by atoms with Gasteiger partial charge in [-0.25, -0.2) is 0 Å². The summed E-state index contributed by atoms with van der Waals surface area (Å²) in [5, 5.41) is 13.1. The number of nitrogens with zero attached hydrogens (tertiary/aromatic N) is 3. The zero-order valence-electron chi connectivity index (χ0n) is 18.5. The Kier molecular flexibility index (Phi) is 7.15. The molecule has 0 saturated carbocycles. The highest BCUT2D eigenvalue weighted by atomic mass is 16.5. The first kappa shape index (κ1) is 21.6. The Hall–Kier alpha value is -3.64. The van der Waals surface area contributed by atoms with Gasteiger partial charge in [-0.15, -0.1) is 0 Å². The van der Waals surface area contributed by atoms with Crippen LogP contribution >= 0.6 is 0 Å². The highest BCUT2D eigenvalue weighted by molar-refractivity contribution is 5.60. The second kappa shape index (κ2) is 10.6. The highest BCUT2D eigenvalue weighted by Gasteiger charge is 2.13. The smallest absolute Gasteiger partial charge is 0.160 e. The first-order valence-electron chi connectivity index (χ1n) is 10.7. The molecule has 0 saturated heterocycles. The number of ether oxygens (including phenoxy) is 2. The van der Waals surface area contributed by atoms with E-state index in [1.807, 2.05) is 48.5 Å². The minimum absolute atomic E-state index is 0.645. The summed E-state index contributed by atoms with van der Waals surface area (Å²) in [5.74, 6) is 1.49. The lowest BCUT2D eigenvalue weighted by atomic mass is 10.1. The third-order valence-corrected chi connectivity index (χ3v) is 5.27. The molecule has 0 atom stereocenters. The molecule has 4 rings (SSSR count). The van der Waals surface area contributed by atoms with Gasteiger partial charge >= 0.3 is 0 Å². The molecule has 3 aromatic carbocycles. The molecule has 0 aliphatic carbocycles. The Morgan fingerprint density at radius 2 is 1.50 bits per heavy atom.